The van der Waals surface area contributed by atoms with Crippen LogP contribution in [0.25, 0.3) is 11.1 Å². The van der Waals surface area contributed by atoms with Gasteiger partial charge in [0, 0.05) is 11.4 Å². The minimum absolute atomic E-state index is 0. The van der Waals surface area contributed by atoms with Crippen molar-refractivity contribution in [3.63, 3.8) is 0 Å². The van der Waals surface area contributed by atoms with Crippen LogP contribution in [0.2, 0.25) is 0 Å². The maximum absolute atomic E-state index is 12.7. The van der Waals surface area contributed by atoms with Crippen molar-refractivity contribution < 1.29 is 9.53 Å². The van der Waals surface area contributed by atoms with Gasteiger partial charge in [0.25, 0.3) is 5.91 Å². The van der Waals surface area contributed by atoms with E-state index in [1.54, 1.807) is 7.11 Å². The quantitative estimate of drug-likeness (QED) is 0.795. The highest BCUT2D eigenvalue weighted by Crippen LogP contribution is 2.39. The number of ether oxygens (including phenoxy) is 1. The average molecular weight is 381 g/mol. The van der Waals surface area contributed by atoms with E-state index in [2.05, 4.69) is 5.32 Å². The van der Waals surface area contributed by atoms with Crippen molar-refractivity contribution in [3.05, 3.63) is 40.1 Å². The first kappa shape index (κ1) is 19.8. The number of carbonyl (C=O) groups is 1. The van der Waals surface area contributed by atoms with Gasteiger partial charge in [-0.3, -0.25) is 4.79 Å². The lowest BCUT2D eigenvalue weighted by Crippen LogP contribution is -2.53. The van der Waals surface area contributed by atoms with E-state index in [0.717, 1.165) is 39.5 Å². The van der Waals surface area contributed by atoms with Crippen LogP contribution in [0.1, 0.15) is 34.3 Å². The van der Waals surface area contributed by atoms with Gasteiger partial charge in [-0.05, 0) is 61.9 Å². The highest BCUT2D eigenvalue weighted by Gasteiger charge is 2.41. The van der Waals surface area contributed by atoms with Gasteiger partial charge in [-0.15, -0.1) is 23.7 Å². The Morgan fingerprint density at radius 3 is 2.52 bits per heavy atom. The normalized spacial score (nSPS) is 15.8. The van der Waals surface area contributed by atoms with E-state index in [1.807, 2.05) is 44.2 Å². The van der Waals surface area contributed by atoms with E-state index in [1.165, 1.54) is 11.3 Å². The van der Waals surface area contributed by atoms with Crippen molar-refractivity contribution in [2.75, 3.05) is 13.7 Å². The van der Waals surface area contributed by atoms with Gasteiger partial charge in [0.1, 0.15) is 5.75 Å². The van der Waals surface area contributed by atoms with E-state index >= 15 is 0 Å². The minimum atomic E-state index is -0.296. The fourth-order valence-corrected chi connectivity index (χ4v) is 3.95. The second-order valence-corrected chi connectivity index (χ2v) is 7.92. The molecule has 136 valence electrons. The molecule has 0 aliphatic heterocycles. The summed E-state index contributed by atoms with van der Waals surface area (Å²) in [5.74, 6) is 1.31. The highest BCUT2D eigenvalue weighted by atomic mass is 35.5. The molecule has 1 aromatic carbocycles. The average Bonchev–Trinajstić information content (AvgIpc) is 3.38. The number of amides is 1. The van der Waals surface area contributed by atoms with Crippen LogP contribution >= 0.6 is 23.7 Å². The summed E-state index contributed by atoms with van der Waals surface area (Å²) in [5, 5.41) is 3.16. The Labute approximate surface area is 159 Å². The lowest BCUT2D eigenvalue weighted by atomic mass is 9.96. The molecule has 0 saturated heterocycles. The lowest BCUT2D eigenvalue weighted by molar-refractivity contribution is 0.0902. The van der Waals surface area contributed by atoms with Crippen LogP contribution in [0.15, 0.2) is 30.3 Å². The summed E-state index contributed by atoms with van der Waals surface area (Å²) in [6.45, 7) is 4.57. The van der Waals surface area contributed by atoms with Crippen LogP contribution in [-0.4, -0.2) is 25.1 Å². The van der Waals surface area contributed by atoms with Crippen molar-refractivity contribution in [1.82, 2.24) is 5.32 Å². The van der Waals surface area contributed by atoms with Crippen LogP contribution in [0.3, 0.4) is 0 Å². The first-order chi connectivity index (χ1) is 11.5. The number of rotatable bonds is 6. The SMILES string of the molecule is COc1ccc(-c2cc(C(=O)NC(C)(CN)C3CC3)sc2C)cc1.Cl. The Balaban J connectivity index is 0.00000225. The van der Waals surface area contributed by atoms with Crippen molar-refractivity contribution in [3.8, 4) is 16.9 Å². The van der Waals surface area contributed by atoms with Gasteiger partial charge in [-0.2, -0.15) is 0 Å². The number of methoxy groups -OCH3 is 1. The molecule has 0 spiro atoms. The summed E-state index contributed by atoms with van der Waals surface area (Å²) < 4.78 is 5.20. The Morgan fingerprint density at radius 2 is 2.00 bits per heavy atom. The second-order valence-electron chi connectivity index (χ2n) is 6.66. The summed E-state index contributed by atoms with van der Waals surface area (Å²) in [6, 6.07) is 9.88. The van der Waals surface area contributed by atoms with E-state index in [0.29, 0.717) is 12.5 Å². The largest absolute Gasteiger partial charge is 0.497 e. The van der Waals surface area contributed by atoms with Gasteiger partial charge >= 0.3 is 0 Å². The fourth-order valence-electron chi connectivity index (χ4n) is 3.01. The third-order valence-electron chi connectivity index (χ3n) is 4.84. The molecular formula is C19H25ClN2O2S. The fraction of sp³-hybridized carbons (Fsp3) is 0.421. The number of thiophene rings is 1. The maximum atomic E-state index is 12.7. The van der Waals surface area contributed by atoms with E-state index in [-0.39, 0.29) is 23.9 Å². The topological polar surface area (TPSA) is 64.3 Å². The van der Waals surface area contributed by atoms with Crippen LogP contribution in [0, 0.1) is 12.8 Å². The standard InChI is InChI=1S/C19H24N2O2S.ClH/c1-12-16(13-4-8-15(23-3)9-5-13)10-17(24-12)18(22)21-19(2,11-20)14-6-7-14;/h4-5,8-10,14H,6-7,11,20H2,1-3H3,(H,21,22);1H. The third-order valence-corrected chi connectivity index (χ3v) is 5.89. The molecule has 3 rings (SSSR count). The predicted molar refractivity (Wildman–Crippen MR) is 106 cm³/mol. The zero-order chi connectivity index (χ0) is 17.3. The maximum Gasteiger partial charge on any atom is 0.261 e. The predicted octanol–water partition coefficient (Wildman–Crippen LogP) is 4.01. The summed E-state index contributed by atoms with van der Waals surface area (Å²) in [7, 11) is 1.65. The molecule has 3 N–H and O–H groups in total. The van der Waals surface area contributed by atoms with Crippen LogP contribution in [0.5, 0.6) is 5.75 Å². The van der Waals surface area contributed by atoms with E-state index in [4.69, 9.17) is 10.5 Å². The molecule has 25 heavy (non-hydrogen) atoms. The van der Waals surface area contributed by atoms with Crippen LogP contribution in [-0.2, 0) is 0 Å². The van der Waals surface area contributed by atoms with Gasteiger partial charge in [-0.25, -0.2) is 0 Å². The number of carbonyl (C=O) groups excluding carboxylic acids is 1. The Morgan fingerprint density at radius 1 is 1.36 bits per heavy atom. The number of hydrogen-bond acceptors (Lipinski definition) is 4. The molecule has 1 aromatic heterocycles. The van der Waals surface area contributed by atoms with Crippen LogP contribution in [0.4, 0.5) is 0 Å². The molecule has 2 aromatic rings. The van der Waals surface area contributed by atoms with Gasteiger partial charge in [0.05, 0.1) is 17.5 Å². The van der Waals surface area contributed by atoms with Crippen molar-refractivity contribution in [2.24, 2.45) is 11.7 Å². The molecule has 1 aliphatic rings. The summed E-state index contributed by atoms with van der Waals surface area (Å²) in [4.78, 5) is 14.5. The smallest absolute Gasteiger partial charge is 0.261 e. The van der Waals surface area contributed by atoms with Crippen LogP contribution < -0.4 is 15.8 Å². The molecule has 4 nitrogen and oxygen atoms in total. The second kappa shape index (κ2) is 7.77. The van der Waals surface area contributed by atoms with Gasteiger partial charge in [-0.1, -0.05) is 12.1 Å². The molecule has 1 heterocycles. The molecule has 0 bridgehead atoms. The minimum Gasteiger partial charge on any atom is -0.497 e. The van der Waals surface area contributed by atoms with Gasteiger partial charge < -0.3 is 15.8 Å². The zero-order valence-corrected chi connectivity index (χ0v) is 16.4. The van der Waals surface area contributed by atoms with Gasteiger partial charge in [0.2, 0.25) is 0 Å². The van der Waals surface area contributed by atoms with Crippen molar-refractivity contribution >= 4 is 29.7 Å². The summed E-state index contributed by atoms with van der Waals surface area (Å²) >= 11 is 1.53. The molecule has 1 aliphatic carbocycles. The number of nitrogens with two attached hydrogens (primary N) is 1. The molecule has 6 heteroatoms. The Bertz CT molecular complexity index is 740. The molecular weight excluding hydrogens is 356 g/mol. The number of halogens is 1. The molecule has 1 unspecified atom stereocenters. The summed E-state index contributed by atoms with van der Waals surface area (Å²) in [5.41, 5.74) is 7.79. The summed E-state index contributed by atoms with van der Waals surface area (Å²) in [6.07, 6.45) is 2.29. The van der Waals surface area contributed by atoms with Crippen molar-refractivity contribution in [1.29, 1.82) is 0 Å². The van der Waals surface area contributed by atoms with E-state index < -0.39 is 0 Å². The highest BCUT2D eigenvalue weighted by molar-refractivity contribution is 7.14. The molecule has 1 fully saturated rings. The van der Waals surface area contributed by atoms with Gasteiger partial charge in [0.15, 0.2) is 0 Å². The number of aryl methyl sites for hydroxylation is 1. The monoisotopic (exact) mass is 380 g/mol. The molecule has 1 saturated carbocycles. The first-order valence-corrected chi connectivity index (χ1v) is 9.06. The number of hydrogen-bond donors (Lipinski definition) is 2. The Kier molecular flexibility index (Phi) is 6.14. The number of nitrogens with one attached hydrogen (secondary N) is 1. The first-order valence-electron chi connectivity index (χ1n) is 8.24. The van der Waals surface area contributed by atoms with Crippen molar-refractivity contribution in [2.45, 2.75) is 32.2 Å². The molecule has 1 amide bonds. The molecule has 0 radical (unpaired) electrons. The molecule has 1 atom stereocenters. The Hall–Kier alpha value is -1.56. The third kappa shape index (κ3) is 4.17. The lowest BCUT2D eigenvalue weighted by Gasteiger charge is -2.29. The zero-order valence-electron chi connectivity index (χ0n) is 14.8. The van der Waals surface area contributed by atoms with E-state index in [9.17, 15) is 4.79 Å². The number of benzene rings is 1.